The van der Waals surface area contributed by atoms with Crippen LogP contribution >= 0.6 is 0 Å². The van der Waals surface area contributed by atoms with Crippen molar-refractivity contribution >= 4 is 28.2 Å². The van der Waals surface area contributed by atoms with Crippen LogP contribution in [0.25, 0.3) is 16.7 Å². The fraction of sp³-hybridized carbons (Fsp3) is 0.259. The van der Waals surface area contributed by atoms with E-state index in [-0.39, 0.29) is 11.5 Å². The third-order valence-corrected chi connectivity index (χ3v) is 6.01. The van der Waals surface area contributed by atoms with E-state index in [4.69, 9.17) is 9.72 Å². The summed E-state index contributed by atoms with van der Waals surface area (Å²) in [6.07, 6.45) is 3.24. The van der Waals surface area contributed by atoms with E-state index in [0.717, 1.165) is 29.9 Å². The molecule has 0 atom stereocenters. The molecule has 0 saturated carbocycles. The molecule has 0 spiro atoms. The molecule has 2 N–H and O–H groups in total. The molecule has 1 amide bonds. The van der Waals surface area contributed by atoms with Gasteiger partial charge in [-0.2, -0.15) is 0 Å². The van der Waals surface area contributed by atoms with Crippen LogP contribution in [0.15, 0.2) is 66.1 Å². The highest BCUT2D eigenvalue weighted by molar-refractivity contribution is 6.01. The number of H-pyrrole nitrogens is 1. The van der Waals surface area contributed by atoms with E-state index in [2.05, 4.69) is 31.8 Å². The van der Waals surface area contributed by atoms with Crippen molar-refractivity contribution in [1.82, 2.24) is 24.6 Å². The first kappa shape index (κ1) is 25.6. The van der Waals surface area contributed by atoms with Gasteiger partial charge in [0.15, 0.2) is 5.82 Å². The maximum atomic E-state index is 12.4. The van der Waals surface area contributed by atoms with Crippen molar-refractivity contribution in [2.75, 3.05) is 51.6 Å². The van der Waals surface area contributed by atoms with Crippen LogP contribution in [0.1, 0.15) is 11.4 Å². The largest absolute Gasteiger partial charge is 0.496 e. The van der Waals surface area contributed by atoms with E-state index in [1.807, 2.05) is 51.5 Å². The van der Waals surface area contributed by atoms with Crippen molar-refractivity contribution < 1.29 is 9.53 Å². The maximum Gasteiger partial charge on any atom is 0.272 e. The molecule has 0 aliphatic rings. The third-order valence-electron chi connectivity index (χ3n) is 6.01. The minimum absolute atomic E-state index is 0.186. The number of aromatic amines is 1. The number of nitrogens with one attached hydrogen (secondary N) is 2. The number of benzene rings is 2. The van der Waals surface area contributed by atoms with Gasteiger partial charge in [-0.1, -0.05) is 18.7 Å². The fourth-order valence-electron chi connectivity index (χ4n) is 4.04. The molecular weight excluding hydrogens is 470 g/mol. The van der Waals surface area contributed by atoms with E-state index in [9.17, 15) is 9.59 Å². The zero-order valence-corrected chi connectivity index (χ0v) is 21.5. The van der Waals surface area contributed by atoms with Gasteiger partial charge in [-0.25, -0.2) is 14.6 Å². The molecule has 2 heterocycles. The van der Waals surface area contributed by atoms with Crippen LogP contribution in [-0.4, -0.2) is 71.9 Å². The van der Waals surface area contributed by atoms with Crippen LogP contribution in [0, 0.1) is 0 Å². The molecule has 0 unspecified atom stereocenters. The molecular formula is C27H31N7O3. The van der Waals surface area contributed by atoms with E-state index in [0.29, 0.717) is 34.9 Å². The van der Waals surface area contributed by atoms with Crippen LogP contribution in [0.4, 0.5) is 11.4 Å². The Morgan fingerprint density at radius 2 is 1.97 bits per heavy atom. The predicted molar refractivity (Wildman–Crippen MR) is 146 cm³/mol. The zero-order valence-electron chi connectivity index (χ0n) is 21.5. The molecule has 0 aliphatic heterocycles. The van der Waals surface area contributed by atoms with Gasteiger partial charge in [0.05, 0.1) is 29.4 Å². The van der Waals surface area contributed by atoms with Crippen molar-refractivity contribution in [1.29, 1.82) is 0 Å². The molecule has 10 heteroatoms. The molecule has 4 aromatic rings. The predicted octanol–water partition coefficient (Wildman–Crippen LogP) is 2.83. The van der Waals surface area contributed by atoms with Crippen LogP contribution in [0.3, 0.4) is 0 Å². The van der Waals surface area contributed by atoms with Gasteiger partial charge < -0.3 is 19.9 Å². The average molecular weight is 502 g/mol. The summed E-state index contributed by atoms with van der Waals surface area (Å²) < 4.78 is 7.37. The van der Waals surface area contributed by atoms with Gasteiger partial charge in [0.2, 0.25) is 5.91 Å². The number of para-hydroxylation sites is 1. The van der Waals surface area contributed by atoms with Gasteiger partial charge >= 0.3 is 0 Å². The quantitative estimate of drug-likeness (QED) is 0.322. The standard InChI is InChI=1S/C27H31N7O3/c1-6-26(35)29-20-15-18(23(37-5)17-22(20)33(4)14-13-32(2)3)16-24-28-12-11-25(30-24)34-21-10-8-7-9-19(21)27(36)31-34/h6-12,15,17H,1,13-14,16H2,2-5H3,(H,29,35)(H,31,36). The lowest BCUT2D eigenvalue weighted by Crippen LogP contribution is -2.29. The summed E-state index contributed by atoms with van der Waals surface area (Å²) in [5.41, 5.74) is 2.81. The molecule has 0 saturated heterocycles. The Bertz CT molecular complexity index is 1490. The van der Waals surface area contributed by atoms with Gasteiger partial charge in [-0.15, -0.1) is 0 Å². The summed E-state index contributed by atoms with van der Waals surface area (Å²) in [5, 5.41) is 6.34. The number of methoxy groups -OCH3 is 1. The number of fused-ring (bicyclic) bond motifs is 1. The van der Waals surface area contributed by atoms with Gasteiger partial charge in [0, 0.05) is 50.5 Å². The number of carbonyl (C=O) groups is 1. The van der Waals surface area contributed by atoms with Crippen molar-refractivity contribution in [3.05, 3.63) is 83.1 Å². The number of anilines is 2. The smallest absolute Gasteiger partial charge is 0.272 e. The van der Waals surface area contributed by atoms with E-state index < -0.39 is 0 Å². The number of ether oxygens (including phenoxy) is 1. The summed E-state index contributed by atoms with van der Waals surface area (Å²) in [4.78, 5) is 37.9. The highest BCUT2D eigenvalue weighted by atomic mass is 16.5. The molecule has 4 rings (SSSR count). The molecule has 2 aromatic carbocycles. The highest BCUT2D eigenvalue weighted by Crippen LogP contribution is 2.34. The Labute approximate surface area is 215 Å². The van der Waals surface area contributed by atoms with Gasteiger partial charge in [-0.3, -0.25) is 14.7 Å². The Hall–Kier alpha value is -4.44. The van der Waals surface area contributed by atoms with Gasteiger partial charge in [0.25, 0.3) is 5.56 Å². The summed E-state index contributed by atoms with van der Waals surface area (Å²) in [6.45, 7) is 5.16. The topological polar surface area (TPSA) is 108 Å². The first-order valence-corrected chi connectivity index (χ1v) is 11.8. The van der Waals surface area contributed by atoms with E-state index in [1.54, 1.807) is 30.1 Å². The van der Waals surface area contributed by atoms with Crippen LogP contribution in [-0.2, 0) is 11.2 Å². The second-order valence-electron chi connectivity index (χ2n) is 8.90. The number of likely N-dealkylation sites (N-methyl/N-ethyl adjacent to an activating group) is 2. The monoisotopic (exact) mass is 501 g/mol. The highest BCUT2D eigenvalue weighted by Gasteiger charge is 2.17. The number of hydrogen-bond donors (Lipinski definition) is 2. The summed E-state index contributed by atoms with van der Waals surface area (Å²) >= 11 is 0. The molecule has 0 bridgehead atoms. The number of aromatic nitrogens is 4. The summed E-state index contributed by atoms with van der Waals surface area (Å²) in [5.74, 6) is 1.42. The number of nitrogens with zero attached hydrogens (tertiary/aromatic N) is 5. The Balaban J connectivity index is 1.71. The molecule has 0 fully saturated rings. The lowest BCUT2D eigenvalue weighted by atomic mass is 10.1. The average Bonchev–Trinajstić information content (AvgIpc) is 3.24. The minimum Gasteiger partial charge on any atom is -0.496 e. The lowest BCUT2D eigenvalue weighted by Gasteiger charge is -2.25. The molecule has 10 nitrogen and oxygen atoms in total. The number of rotatable bonds is 10. The second-order valence-corrected chi connectivity index (χ2v) is 8.90. The number of carbonyl (C=O) groups excluding carboxylic acids is 1. The molecule has 192 valence electrons. The van der Waals surface area contributed by atoms with Crippen LogP contribution < -0.4 is 20.5 Å². The number of amides is 1. The van der Waals surface area contributed by atoms with Crippen molar-refractivity contribution in [2.24, 2.45) is 0 Å². The van der Waals surface area contributed by atoms with E-state index >= 15 is 0 Å². The van der Waals surface area contributed by atoms with Gasteiger partial charge in [-0.05, 0) is 38.4 Å². The number of hydrogen-bond acceptors (Lipinski definition) is 7. The molecule has 37 heavy (non-hydrogen) atoms. The Morgan fingerprint density at radius 3 is 2.70 bits per heavy atom. The second kappa shape index (κ2) is 11.1. The van der Waals surface area contributed by atoms with Crippen molar-refractivity contribution in [3.63, 3.8) is 0 Å². The summed E-state index contributed by atoms with van der Waals surface area (Å²) in [7, 11) is 7.60. The zero-order chi connectivity index (χ0) is 26.5. The Morgan fingerprint density at radius 1 is 1.19 bits per heavy atom. The van der Waals surface area contributed by atoms with Crippen molar-refractivity contribution in [3.8, 4) is 11.6 Å². The van der Waals surface area contributed by atoms with E-state index in [1.165, 1.54) is 6.08 Å². The molecule has 2 aromatic heterocycles. The summed E-state index contributed by atoms with van der Waals surface area (Å²) in [6, 6.07) is 12.8. The van der Waals surface area contributed by atoms with Gasteiger partial charge in [0.1, 0.15) is 11.6 Å². The van der Waals surface area contributed by atoms with Crippen LogP contribution in [0.2, 0.25) is 0 Å². The molecule has 0 aliphatic carbocycles. The Kier molecular flexibility index (Phi) is 7.69. The third kappa shape index (κ3) is 5.70. The van der Waals surface area contributed by atoms with Crippen LogP contribution in [0.5, 0.6) is 5.75 Å². The first-order valence-electron chi connectivity index (χ1n) is 11.8. The SMILES string of the molecule is C=CC(=O)Nc1cc(Cc2nccc(-n3[nH]c(=O)c4ccccc43)n2)c(OC)cc1N(C)CCN(C)C. The normalized spacial score (nSPS) is 11.1. The fourth-order valence-corrected chi connectivity index (χ4v) is 4.04. The minimum atomic E-state index is -0.305. The maximum absolute atomic E-state index is 12.4. The lowest BCUT2D eigenvalue weighted by molar-refractivity contribution is -0.111. The molecule has 0 radical (unpaired) electrons. The van der Waals surface area contributed by atoms with Crippen molar-refractivity contribution in [2.45, 2.75) is 6.42 Å². The first-order chi connectivity index (χ1) is 17.8.